The van der Waals surface area contributed by atoms with Crippen LogP contribution >= 0.6 is 15.9 Å². The second kappa shape index (κ2) is 9.67. The Hall–Kier alpha value is -3.50. The van der Waals surface area contributed by atoms with Crippen LogP contribution in [0.5, 0.6) is 0 Å². The van der Waals surface area contributed by atoms with Crippen LogP contribution in [0, 0.1) is 0 Å². The Bertz CT molecular complexity index is 1770. The van der Waals surface area contributed by atoms with Gasteiger partial charge >= 0.3 is 0 Å². The number of rotatable bonds is 4. The van der Waals surface area contributed by atoms with Crippen LogP contribution in [0.15, 0.2) is 102 Å². The minimum Gasteiger partial charge on any atom is -0.310 e. The highest BCUT2D eigenvalue weighted by molar-refractivity contribution is 9.10. The molecule has 0 N–H and O–H groups in total. The van der Waals surface area contributed by atoms with Gasteiger partial charge in [0, 0.05) is 38.0 Å². The normalized spacial score (nSPS) is 11.3. The first-order chi connectivity index (χ1) is 18.4. The molecule has 0 spiro atoms. The Morgan fingerprint density at radius 3 is 1.53 bits per heavy atom. The molecule has 6 rings (SSSR count). The molecule has 0 bridgehead atoms. The molecule has 1 aromatic heterocycles. The molecule has 38 heavy (non-hydrogen) atoms. The molecule has 5 aromatic carbocycles. The largest absolute Gasteiger partial charge is 0.310 e. The average molecular weight is 538 g/mol. The molecule has 6 aromatic rings. The molecular weight excluding hydrogens is 522 g/mol. The van der Waals surface area contributed by atoms with Crippen molar-refractivity contribution >= 4 is 121 Å². The Balaban J connectivity index is 1.68. The lowest BCUT2D eigenvalue weighted by Gasteiger charge is -2.26. The number of benzene rings is 5. The molecule has 0 unspecified atom stereocenters. The molecule has 0 fully saturated rings. The Labute approximate surface area is 237 Å². The van der Waals surface area contributed by atoms with Crippen molar-refractivity contribution < 1.29 is 0 Å². The number of halogens is 1. The first kappa shape index (κ1) is 24.8. The number of aromatic nitrogens is 1. The summed E-state index contributed by atoms with van der Waals surface area (Å²) in [5, 5.41) is 2.04. The maximum absolute atomic E-state index is 6.51. The van der Waals surface area contributed by atoms with Gasteiger partial charge in [-0.05, 0) is 60.7 Å². The quantitative estimate of drug-likeness (QED) is 0.314. The van der Waals surface area contributed by atoms with Gasteiger partial charge in [-0.2, -0.15) is 0 Å². The summed E-state index contributed by atoms with van der Waals surface area (Å²) in [5.41, 5.74) is 6.65. The van der Waals surface area contributed by atoms with Gasteiger partial charge in [-0.25, -0.2) is 0 Å². The van der Waals surface area contributed by atoms with Crippen molar-refractivity contribution in [2.45, 2.75) is 0 Å². The fourth-order valence-corrected chi connectivity index (χ4v) is 5.40. The van der Waals surface area contributed by atoms with E-state index in [0.29, 0.717) is 5.69 Å². The molecular formula is C30H16B5BrN2. The van der Waals surface area contributed by atoms with Crippen LogP contribution in [0.4, 0.5) is 17.1 Å². The Kier molecular flexibility index (Phi) is 6.32. The number of para-hydroxylation sites is 2. The highest BCUT2D eigenvalue weighted by Gasteiger charge is 2.20. The molecule has 10 radical (unpaired) electrons. The zero-order valence-electron chi connectivity index (χ0n) is 20.4. The van der Waals surface area contributed by atoms with Gasteiger partial charge in [0.15, 0.2) is 0 Å². The molecule has 0 aliphatic heterocycles. The summed E-state index contributed by atoms with van der Waals surface area (Å²) < 4.78 is 2.96. The predicted octanol–water partition coefficient (Wildman–Crippen LogP) is 2.99. The van der Waals surface area contributed by atoms with E-state index in [1.54, 1.807) is 0 Å². The number of hydrogen-bond acceptors (Lipinski definition) is 1. The number of hydrogen-bond donors (Lipinski definition) is 0. The third-order valence-electron chi connectivity index (χ3n) is 6.89. The zero-order valence-corrected chi connectivity index (χ0v) is 22.0. The topological polar surface area (TPSA) is 8.17 Å². The molecule has 0 aliphatic rings. The van der Waals surface area contributed by atoms with E-state index >= 15 is 0 Å². The summed E-state index contributed by atoms with van der Waals surface area (Å²) in [6, 6.07) is 33.0. The van der Waals surface area contributed by atoms with Crippen LogP contribution in [0.25, 0.3) is 27.5 Å². The van der Waals surface area contributed by atoms with Gasteiger partial charge in [-0.15, -0.1) is 16.4 Å². The molecule has 2 nitrogen and oxygen atoms in total. The van der Waals surface area contributed by atoms with Crippen LogP contribution < -0.4 is 32.2 Å². The number of nitrogens with zero attached hydrogens (tertiary/aromatic N) is 2. The molecule has 8 heteroatoms. The lowest BCUT2D eigenvalue weighted by Crippen LogP contribution is -2.56. The van der Waals surface area contributed by atoms with Crippen LogP contribution in [-0.4, -0.2) is 43.8 Å². The van der Waals surface area contributed by atoms with Crippen molar-refractivity contribution in [1.82, 2.24) is 4.57 Å². The number of anilines is 3. The van der Waals surface area contributed by atoms with Gasteiger partial charge in [-0.1, -0.05) is 63.3 Å². The van der Waals surface area contributed by atoms with Crippen molar-refractivity contribution in [1.29, 1.82) is 0 Å². The van der Waals surface area contributed by atoms with E-state index in [2.05, 4.69) is 69.4 Å². The van der Waals surface area contributed by atoms with Crippen molar-refractivity contribution in [3.8, 4) is 5.69 Å². The zero-order chi connectivity index (χ0) is 26.6. The molecule has 0 saturated carbocycles. The van der Waals surface area contributed by atoms with E-state index in [9.17, 15) is 0 Å². The third-order valence-corrected chi connectivity index (χ3v) is 7.39. The van der Waals surface area contributed by atoms with Gasteiger partial charge in [0.05, 0.1) is 11.0 Å². The summed E-state index contributed by atoms with van der Waals surface area (Å²) in [6.45, 7) is 0. The Morgan fingerprint density at radius 2 is 0.974 bits per heavy atom. The summed E-state index contributed by atoms with van der Waals surface area (Å²) in [7, 11) is 31.6. The van der Waals surface area contributed by atoms with Gasteiger partial charge in [0.25, 0.3) is 0 Å². The van der Waals surface area contributed by atoms with Gasteiger partial charge in [-0.3, -0.25) is 0 Å². The van der Waals surface area contributed by atoms with E-state index < -0.39 is 0 Å². The molecule has 168 valence electrons. The van der Waals surface area contributed by atoms with Crippen LogP contribution in [0.2, 0.25) is 0 Å². The van der Waals surface area contributed by atoms with E-state index in [1.165, 1.54) is 0 Å². The smallest absolute Gasteiger partial charge is 0.115 e. The van der Waals surface area contributed by atoms with Crippen LogP contribution in [0.3, 0.4) is 0 Å². The third kappa shape index (κ3) is 3.94. The fourth-order valence-electron chi connectivity index (χ4n) is 5.04. The predicted molar refractivity (Wildman–Crippen MR) is 170 cm³/mol. The SMILES string of the molecule is [B]c1c([B])c([B])c(-n2c3ccc(Br)cc3c3cc(N(c4ccccc4)c4ccccc4)ccc32)c([B])c1[B]. The summed E-state index contributed by atoms with van der Waals surface area (Å²) in [5.74, 6) is 0. The minimum absolute atomic E-state index is 0.191. The van der Waals surface area contributed by atoms with E-state index in [0.717, 1.165) is 43.3 Å². The summed E-state index contributed by atoms with van der Waals surface area (Å²) >= 11 is 3.64. The van der Waals surface area contributed by atoms with Gasteiger partial charge in [0.2, 0.25) is 0 Å². The van der Waals surface area contributed by atoms with Crippen molar-refractivity contribution in [3.05, 3.63) is 102 Å². The maximum Gasteiger partial charge on any atom is 0.115 e. The fraction of sp³-hybridized carbons (Fsp3) is 0. The van der Waals surface area contributed by atoms with Crippen molar-refractivity contribution in [3.63, 3.8) is 0 Å². The van der Waals surface area contributed by atoms with E-state index in [1.807, 2.05) is 53.1 Å². The van der Waals surface area contributed by atoms with E-state index in [4.69, 9.17) is 39.2 Å². The molecule has 0 atom stereocenters. The first-order valence-corrected chi connectivity index (χ1v) is 12.8. The lowest BCUT2D eigenvalue weighted by atomic mass is 9.61. The highest BCUT2D eigenvalue weighted by Crippen LogP contribution is 2.39. The highest BCUT2D eigenvalue weighted by atomic mass is 79.9. The van der Waals surface area contributed by atoms with Gasteiger partial charge in [0.1, 0.15) is 39.2 Å². The molecule has 0 saturated heterocycles. The van der Waals surface area contributed by atoms with Crippen molar-refractivity contribution in [2.24, 2.45) is 0 Å². The second-order valence-corrected chi connectivity index (χ2v) is 10.0. The minimum atomic E-state index is 0.191. The monoisotopic (exact) mass is 538 g/mol. The molecule has 0 amide bonds. The molecule has 1 heterocycles. The average Bonchev–Trinajstić information content (AvgIpc) is 3.25. The molecule has 0 aliphatic carbocycles. The summed E-state index contributed by atoms with van der Waals surface area (Å²) in [6.07, 6.45) is 0. The Morgan fingerprint density at radius 1 is 0.500 bits per heavy atom. The number of fused-ring (bicyclic) bond motifs is 3. The second-order valence-electron chi connectivity index (χ2n) is 9.12. The first-order valence-electron chi connectivity index (χ1n) is 12.0. The van der Waals surface area contributed by atoms with Gasteiger partial charge < -0.3 is 9.47 Å². The van der Waals surface area contributed by atoms with Crippen molar-refractivity contribution in [2.75, 3.05) is 4.90 Å². The lowest BCUT2D eigenvalue weighted by molar-refractivity contribution is 1.21. The standard InChI is InChI=1S/C30H16B5BrN2/c31-25-26(32)28(34)30(29(35)27(25)33)38-23-13-11-17(36)15-21(23)22-16-20(12-14-24(22)38)37(18-7-3-1-4-8-18)19-9-5-2-6-10-19/h1-16H. The van der Waals surface area contributed by atoms with E-state index in [-0.39, 0.29) is 27.3 Å². The summed E-state index contributed by atoms with van der Waals surface area (Å²) in [4.78, 5) is 2.22. The van der Waals surface area contributed by atoms with Crippen LogP contribution in [0.1, 0.15) is 0 Å². The maximum atomic E-state index is 6.51. The van der Waals surface area contributed by atoms with Crippen LogP contribution in [-0.2, 0) is 0 Å².